The van der Waals surface area contributed by atoms with E-state index in [4.69, 9.17) is 14.2 Å². The second-order valence-corrected chi connectivity index (χ2v) is 9.05. The van der Waals surface area contributed by atoms with Gasteiger partial charge in [-0.25, -0.2) is 9.59 Å². The molecule has 2 N–H and O–H groups in total. The molecule has 1 aliphatic heterocycles. The van der Waals surface area contributed by atoms with Crippen molar-refractivity contribution in [1.82, 2.24) is 5.32 Å². The lowest BCUT2D eigenvalue weighted by Gasteiger charge is -2.35. The first-order valence-corrected chi connectivity index (χ1v) is 10.1. The number of rotatable bonds is 6. The Balaban J connectivity index is 1.77. The normalized spacial score (nSPS) is 22.7. The number of carbonyl (C=O) groups excluding carboxylic acids is 1. The molecular formula is C24H29NO6. The SMILES string of the molecule is CC(C)(C)OC(=O)[C@]1(C(=O)O)N[C@H](c2ccc(OCc3ccccc3)cc2)OC1(C)C. The van der Waals surface area contributed by atoms with E-state index < -0.39 is 34.9 Å². The Hall–Kier alpha value is -2.90. The number of aliphatic carboxylic acids is 1. The summed E-state index contributed by atoms with van der Waals surface area (Å²) < 4.78 is 17.2. The maximum atomic E-state index is 12.9. The fourth-order valence-corrected chi connectivity index (χ4v) is 3.48. The maximum absolute atomic E-state index is 12.9. The highest BCUT2D eigenvalue weighted by molar-refractivity contribution is 6.06. The minimum absolute atomic E-state index is 0.437. The van der Waals surface area contributed by atoms with Gasteiger partial charge in [0, 0.05) is 0 Å². The van der Waals surface area contributed by atoms with Crippen molar-refractivity contribution in [2.75, 3.05) is 0 Å². The lowest BCUT2D eigenvalue weighted by molar-refractivity contribution is -0.177. The predicted octanol–water partition coefficient (Wildman–Crippen LogP) is 3.83. The van der Waals surface area contributed by atoms with Crippen LogP contribution in [0.1, 0.15) is 52.0 Å². The van der Waals surface area contributed by atoms with Crippen LogP contribution in [-0.4, -0.2) is 33.8 Å². The van der Waals surface area contributed by atoms with Gasteiger partial charge in [-0.1, -0.05) is 42.5 Å². The Morgan fingerprint density at radius 1 is 1.06 bits per heavy atom. The Labute approximate surface area is 182 Å². The molecule has 0 amide bonds. The molecule has 31 heavy (non-hydrogen) atoms. The van der Waals surface area contributed by atoms with Crippen LogP contribution < -0.4 is 10.1 Å². The Bertz CT molecular complexity index is 933. The van der Waals surface area contributed by atoms with E-state index in [1.807, 2.05) is 30.3 Å². The number of carbonyl (C=O) groups is 2. The molecule has 166 valence electrons. The van der Waals surface area contributed by atoms with Gasteiger partial charge in [0.05, 0.1) is 0 Å². The number of carboxylic acid groups (broad SMARTS) is 1. The molecule has 2 atom stereocenters. The summed E-state index contributed by atoms with van der Waals surface area (Å²) in [5.74, 6) is -1.57. The molecule has 0 bridgehead atoms. The molecule has 0 aliphatic carbocycles. The van der Waals surface area contributed by atoms with Gasteiger partial charge in [-0.05, 0) is 57.9 Å². The van der Waals surface area contributed by atoms with Crippen LogP contribution in [0.3, 0.4) is 0 Å². The van der Waals surface area contributed by atoms with Crippen LogP contribution in [0.25, 0.3) is 0 Å². The second kappa shape index (κ2) is 8.32. The number of hydrogen-bond donors (Lipinski definition) is 2. The Morgan fingerprint density at radius 2 is 1.68 bits per heavy atom. The van der Waals surface area contributed by atoms with Gasteiger partial charge in [0.2, 0.25) is 5.54 Å². The number of benzene rings is 2. The first kappa shape index (κ1) is 22.8. The molecule has 1 fully saturated rings. The van der Waals surface area contributed by atoms with E-state index in [0.29, 0.717) is 17.9 Å². The summed E-state index contributed by atoms with van der Waals surface area (Å²) in [7, 11) is 0. The molecule has 0 spiro atoms. The summed E-state index contributed by atoms with van der Waals surface area (Å²) in [5, 5.41) is 12.9. The fraction of sp³-hybridized carbons (Fsp3) is 0.417. The lowest BCUT2D eigenvalue weighted by atomic mass is 9.83. The van der Waals surface area contributed by atoms with Gasteiger partial charge in [0.25, 0.3) is 0 Å². The Morgan fingerprint density at radius 3 is 2.23 bits per heavy atom. The summed E-state index contributed by atoms with van der Waals surface area (Å²) in [4.78, 5) is 25.2. The Kier molecular flexibility index (Phi) is 6.11. The lowest BCUT2D eigenvalue weighted by Crippen LogP contribution is -2.66. The van der Waals surface area contributed by atoms with Gasteiger partial charge in [-0.15, -0.1) is 0 Å². The van der Waals surface area contributed by atoms with Crippen LogP contribution in [-0.2, 0) is 25.7 Å². The molecule has 0 unspecified atom stereocenters. The van der Waals surface area contributed by atoms with Gasteiger partial charge in [-0.2, -0.15) is 0 Å². The largest absolute Gasteiger partial charge is 0.489 e. The monoisotopic (exact) mass is 427 g/mol. The van der Waals surface area contributed by atoms with Crippen molar-refractivity contribution in [1.29, 1.82) is 0 Å². The van der Waals surface area contributed by atoms with Gasteiger partial charge in [0.1, 0.15) is 29.8 Å². The van der Waals surface area contributed by atoms with E-state index in [0.717, 1.165) is 5.56 Å². The minimum atomic E-state index is -2.05. The van der Waals surface area contributed by atoms with E-state index in [-0.39, 0.29) is 0 Å². The number of carboxylic acids is 1. The number of ether oxygens (including phenoxy) is 3. The molecule has 1 heterocycles. The van der Waals surface area contributed by atoms with Crippen molar-refractivity contribution < 1.29 is 28.9 Å². The first-order valence-electron chi connectivity index (χ1n) is 10.1. The van der Waals surface area contributed by atoms with Crippen molar-refractivity contribution in [2.24, 2.45) is 0 Å². The fourth-order valence-electron chi connectivity index (χ4n) is 3.48. The van der Waals surface area contributed by atoms with Crippen molar-refractivity contribution in [3.05, 3.63) is 65.7 Å². The van der Waals surface area contributed by atoms with Crippen LogP contribution in [0.4, 0.5) is 0 Å². The van der Waals surface area contributed by atoms with Crippen LogP contribution in [0.15, 0.2) is 54.6 Å². The molecule has 0 radical (unpaired) electrons. The van der Waals surface area contributed by atoms with Crippen LogP contribution in [0.5, 0.6) is 5.75 Å². The van der Waals surface area contributed by atoms with Crippen LogP contribution in [0, 0.1) is 0 Å². The smallest absolute Gasteiger partial charge is 0.341 e. The quantitative estimate of drug-likeness (QED) is 0.534. The van der Waals surface area contributed by atoms with Gasteiger partial charge < -0.3 is 19.3 Å². The van der Waals surface area contributed by atoms with Crippen molar-refractivity contribution >= 4 is 11.9 Å². The third-order valence-electron chi connectivity index (χ3n) is 5.12. The molecule has 1 aliphatic rings. The summed E-state index contributed by atoms with van der Waals surface area (Å²) in [6, 6.07) is 16.9. The molecule has 7 heteroatoms. The molecule has 1 saturated heterocycles. The van der Waals surface area contributed by atoms with Crippen LogP contribution >= 0.6 is 0 Å². The molecule has 7 nitrogen and oxygen atoms in total. The highest BCUT2D eigenvalue weighted by atomic mass is 16.6. The molecule has 3 rings (SSSR count). The zero-order valence-electron chi connectivity index (χ0n) is 18.5. The zero-order chi connectivity index (χ0) is 22.9. The van der Waals surface area contributed by atoms with Crippen molar-refractivity contribution in [3.8, 4) is 5.75 Å². The van der Waals surface area contributed by atoms with E-state index in [1.165, 1.54) is 0 Å². The zero-order valence-corrected chi connectivity index (χ0v) is 18.5. The maximum Gasteiger partial charge on any atom is 0.341 e. The first-order chi connectivity index (χ1) is 14.4. The number of nitrogens with one attached hydrogen (secondary N) is 1. The molecule has 2 aromatic rings. The molecule has 2 aromatic carbocycles. The van der Waals surface area contributed by atoms with E-state index in [1.54, 1.807) is 58.9 Å². The summed E-state index contributed by atoms with van der Waals surface area (Å²) in [5.41, 5.74) is -2.51. The van der Waals surface area contributed by atoms with E-state index >= 15 is 0 Å². The third-order valence-corrected chi connectivity index (χ3v) is 5.12. The van der Waals surface area contributed by atoms with Gasteiger partial charge >= 0.3 is 11.9 Å². The average Bonchev–Trinajstić information content (AvgIpc) is 2.98. The standard InChI is InChI=1S/C24H29NO6/c1-22(2,3)31-21(28)24(20(26)27)23(4,5)30-19(25-24)17-11-13-18(14-12-17)29-15-16-9-7-6-8-10-16/h6-14,19,25H,15H2,1-5H3,(H,26,27)/t19-,24-/m0/s1. The van der Waals surface area contributed by atoms with Gasteiger partial charge in [0.15, 0.2) is 0 Å². The van der Waals surface area contributed by atoms with E-state index in [2.05, 4.69) is 5.32 Å². The van der Waals surface area contributed by atoms with Gasteiger partial charge in [-0.3, -0.25) is 5.32 Å². The molecular weight excluding hydrogens is 398 g/mol. The highest BCUT2D eigenvalue weighted by Gasteiger charge is 2.66. The second-order valence-electron chi connectivity index (χ2n) is 9.05. The topological polar surface area (TPSA) is 94.1 Å². The van der Waals surface area contributed by atoms with Crippen LogP contribution in [0.2, 0.25) is 0 Å². The molecule has 0 aromatic heterocycles. The predicted molar refractivity (Wildman–Crippen MR) is 114 cm³/mol. The summed E-state index contributed by atoms with van der Waals surface area (Å²) in [6.45, 7) is 8.63. The highest BCUT2D eigenvalue weighted by Crippen LogP contribution is 2.41. The average molecular weight is 427 g/mol. The molecule has 0 saturated carbocycles. The summed E-state index contributed by atoms with van der Waals surface area (Å²) in [6.07, 6.45) is -0.804. The van der Waals surface area contributed by atoms with Crippen molar-refractivity contribution in [2.45, 2.75) is 64.2 Å². The third kappa shape index (κ3) is 4.73. The van der Waals surface area contributed by atoms with E-state index in [9.17, 15) is 14.7 Å². The van der Waals surface area contributed by atoms with Crippen molar-refractivity contribution in [3.63, 3.8) is 0 Å². The minimum Gasteiger partial charge on any atom is -0.489 e. The number of hydrogen-bond acceptors (Lipinski definition) is 6. The number of esters is 1. The summed E-state index contributed by atoms with van der Waals surface area (Å²) >= 11 is 0.